The van der Waals surface area contributed by atoms with E-state index in [1.165, 1.54) is 32.9 Å². The average Bonchev–Trinajstić information content (AvgIpc) is 2.95. The van der Waals surface area contributed by atoms with E-state index in [9.17, 15) is 0 Å². The predicted molar refractivity (Wildman–Crippen MR) is 99.9 cm³/mol. The van der Waals surface area contributed by atoms with E-state index in [4.69, 9.17) is 0 Å². The molecule has 1 heterocycles. The van der Waals surface area contributed by atoms with Gasteiger partial charge < -0.3 is 4.57 Å². The molecular weight excluding hydrogens is 278 g/mol. The molecule has 114 valence electrons. The lowest BCUT2D eigenvalue weighted by atomic mass is 10.0. The van der Waals surface area contributed by atoms with Crippen molar-refractivity contribution in [3.8, 4) is 11.1 Å². The molecule has 0 aliphatic rings. The highest BCUT2D eigenvalue weighted by Gasteiger charge is 2.14. The van der Waals surface area contributed by atoms with Crippen molar-refractivity contribution in [2.45, 2.75) is 26.3 Å². The maximum absolute atomic E-state index is 2.49. The van der Waals surface area contributed by atoms with Crippen LogP contribution in [0.5, 0.6) is 0 Å². The largest absolute Gasteiger partial charge is 0.338 e. The molecule has 0 aliphatic heterocycles. The summed E-state index contributed by atoms with van der Waals surface area (Å²) in [6.07, 6.45) is 1.13. The molecule has 1 aromatic heterocycles. The first kappa shape index (κ1) is 14.1. The number of hydrogen-bond donors (Lipinski definition) is 0. The second-order valence-corrected chi connectivity index (χ2v) is 6.24. The predicted octanol–water partition coefficient (Wildman–Crippen LogP) is 6.43. The average molecular weight is 299 g/mol. The van der Waals surface area contributed by atoms with Gasteiger partial charge in [-0.3, -0.25) is 0 Å². The second-order valence-electron chi connectivity index (χ2n) is 6.24. The van der Waals surface area contributed by atoms with E-state index in [0.29, 0.717) is 6.04 Å². The Kier molecular flexibility index (Phi) is 3.42. The lowest BCUT2D eigenvalue weighted by molar-refractivity contribution is 0.563. The van der Waals surface area contributed by atoms with Gasteiger partial charge in [-0.25, -0.2) is 0 Å². The van der Waals surface area contributed by atoms with Gasteiger partial charge in [0.15, 0.2) is 0 Å². The van der Waals surface area contributed by atoms with Crippen molar-refractivity contribution in [3.05, 3.63) is 72.8 Å². The van der Waals surface area contributed by atoms with Crippen LogP contribution in [0.15, 0.2) is 72.8 Å². The van der Waals surface area contributed by atoms with Crippen molar-refractivity contribution in [2.24, 2.45) is 0 Å². The molecule has 23 heavy (non-hydrogen) atoms. The molecule has 0 amide bonds. The van der Waals surface area contributed by atoms with E-state index in [2.05, 4.69) is 91.2 Å². The Morgan fingerprint density at radius 1 is 0.739 bits per heavy atom. The third kappa shape index (κ3) is 2.24. The molecule has 0 bridgehead atoms. The monoisotopic (exact) mass is 299 g/mol. The van der Waals surface area contributed by atoms with Gasteiger partial charge in [0.25, 0.3) is 0 Å². The fourth-order valence-corrected chi connectivity index (χ4v) is 3.47. The summed E-state index contributed by atoms with van der Waals surface area (Å²) in [6, 6.07) is 26.7. The maximum atomic E-state index is 2.49. The van der Waals surface area contributed by atoms with E-state index >= 15 is 0 Å². The summed E-state index contributed by atoms with van der Waals surface area (Å²) in [5.41, 5.74) is 5.22. The summed E-state index contributed by atoms with van der Waals surface area (Å²) in [6.45, 7) is 4.56. The second kappa shape index (κ2) is 5.58. The number of nitrogens with zero attached hydrogens (tertiary/aromatic N) is 1. The van der Waals surface area contributed by atoms with Gasteiger partial charge in [-0.15, -0.1) is 0 Å². The van der Waals surface area contributed by atoms with Crippen molar-refractivity contribution < 1.29 is 0 Å². The van der Waals surface area contributed by atoms with Crippen LogP contribution in [0.1, 0.15) is 26.3 Å². The Balaban J connectivity index is 2.04. The summed E-state index contributed by atoms with van der Waals surface area (Å²) >= 11 is 0. The van der Waals surface area contributed by atoms with Crippen LogP contribution in [0.3, 0.4) is 0 Å². The number of hydrogen-bond acceptors (Lipinski definition) is 0. The molecule has 0 fully saturated rings. The zero-order valence-corrected chi connectivity index (χ0v) is 13.7. The first-order valence-electron chi connectivity index (χ1n) is 8.37. The molecule has 1 heteroatoms. The molecule has 0 saturated heterocycles. The van der Waals surface area contributed by atoms with Crippen molar-refractivity contribution >= 4 is 21.8 Å². The van der Waals surface area contributed by atoms with Gasteiger partial charge in [0, 0.05) is 27.8 Å². The SMILES string of the molecule is CCC(C)n1c2ccccc2c2cc(-c3ccccc3)ccc21. The summed E-state index contributed by atoms with van der Waals surface area (Å²) in [5.74, 6) is 0. The fraction of sp³-hybridized carbons (Fsp3) is 0.182. The Morgan fingerprint density at radius 3 is 2.22 bits per heavy atom. The standard InChI is InChI=1S/C22H21N/c1-3-16(2)23-21-12-8-7-11-19(21)20-15-18(13-14-22(20)23)17-9-5-4-6-10-17/h4-16H,3H2,1-2H3. The Labute approximate surface area is 137 Å². The molecule has 3 aromatic carbocycles. The summed E-state index contributed by atoms with van der Waals surface area (Å²) < 4.78 is 2.49. The molecule has 0 saturated carbocycles. The van der Waals surface area contributed by atoms with Crippen LogP contribution in [-0.4, -0.2) is 4.57 Å². The highest BCUT2D eigenvalue weighted by Crippen LogP contribution is 2.35. The molecule has 4 aromatic rings. The minimum Gasteiger partial charge on any atom is -0.338 e. The Morgan fingerprint density at radius 2 is 1.43 bits per heavy atom. The van der Waals surface area contributed by atoms with Gasteiger partial charge in [-0.05, 0) is 42.7 Å². The van der Waals surface area contributed by atoms with Crippen LogP contribution >= 0.6 is 0 Å². The van der Waals surface area contributed by atoms with E-state index in [1.54, 1.807) is 0 Å². The van der Waals surface area contributed by atoms with Crippen LogP contribution in [-0.2, 0) is 0 Å². The van der Waals surface area contributed by atoms with Crippen LogP contribution in [0.25, 0.3) is 32.9 Å². The van der Waals surface area contributed by atoms with Gasteiger partial charge in [-0.2, -0.15) is 0 Å². The first-order valence-corrected chi connectivity index (χ1v) is 8.37. The van der Waals surface area contributed by atoms with Gasteiger partial charge in [-0.1, -0.05) is 61.5 Å². The maximum Gasteiger partial charge on any atom is 0.0494 e. The zero-order chi connectivity index (χ0) is 15.8. The van der Waals surface area contributed by atoms with Crippen LogP contribution in [0, 0.1) is 0 Å². The molecule has 0 radical (unpaired) electrons. The van der Waals surface area contributed by atoms with Crippen molar-refractivity contribution in [2.75, 3.05) is 0 Å². The normalized spacial score (nSPS) is 12.8. The molecule has 0 spiro atoms. The number of benzene rings is 3. The molecular formula is C22H21N. The van der Waals surface area contributed by atoms with Crippen LogP contribution in [0.2, 0.25) is 0 Å². The quantitative estimate of drug-likeness (QED) is 0.410. The van der Waals surface area contributed by atoms with Gasteiger partial charge in [0.05, 0.1) is 0 Å². The van der Waals surface area contributed by atoms with E-state index in [-0.39, 0.29) is 0 Å². The number of para-hydroxylation sites is 1. The summed E-state index contributed by atoms with van der Waals surface area (Å²) in [7, 11) is 0. The minimum absolute atomic E-state index is 0.500. The lowest BCUT2D eigenvalue weighted by Crippen LogP contribution is -2.02. The highest BCUT2D eigenvalue weighted by molar-refractivity contribution is 6.09. The third-order valence-corrected chi connectivity index (χ3v) is 4.85. The molecule has 0 aliphatic carbocycles. The summed E-state index contributed by atoms with van der Waals surface area (Å²) in [4.78, 5) is 0. The number of fused-ring (bicyclic) bond motifs is 3. The topological polar surface area (TPSA) is 4.93 Å². The number of rotatable bonds is 3. The van der Waals surface area contributed by atoms with Gasteiger partial charge in [0.1, 0.15) is 0 Å². The summed E-state index contributed by atoms with van der Waals surface area (Å²) in [5, 5.41) is 2.70. The molecule has 1 unspecified atom stereocenters. The molecule has 1 nitrogen and oxygen atoms in total. The minimum atomic E-state index is 0.500. The molecule has 4 rings (SSSR count). The van der Waals surface area contributed by atoms with E-state index in [0.717, 1.165) is 6.42 Å². The molecule has 1 atom stereocenters. The van der Waals surface area contributed by atoms with Crippen molar-refractivity contribution in [1.82, 2.24) is 4.57 Å². The van der Waals surface area contributed by atoms with Crippen molar-refractivity contribution in [3.63, 3.8) is 0 Å². The highest BCUT2D eigenvalue weighted by atomic mass is 15.0. The van der Waals surface area contributed by atoms with Gasteiger partial charge >= 0.3 is 0 Å². The Hall–Kier alpha value is -2.54. The Bertz CT molecular complexity index is 963. The third-order valence-electron chi connectivity index (χ3n) is 4.85. The number of aromatic nitrogens is 1. The molecule has 0 N–H and O–H groups in total. The van der Waals surface area contributed by atoms with Crippen molar-refractivity contribution in [1.29, 1.82) is 0 Å². The van der Waals surface area contributed by atoms with Gasteiger partial charge in [0.2, 0.25) is 0 Å². The van der Waals surface area contributed by atoms with E-state index < -0.39 is 0 Å². The smallest absolute Gasteiger partial charge is 0.0494 e. The zero-order valence-electron chi connectivity index (χ0n) is 13.7. The van der Waals surface area contributed by atoms with Crippen LogP contribution < -0.4 is 0 Å². The first-order chi connectivity index (χ1) is 11.3. The fourth-order valence-electron chi connectivity index (χ4n) is 3.47. The van der Waals surface area contributed by atoms with E-state index in [1.807, 2.05) is 0 Å². The van der Waals surface area contributed by atoms with Crippen LogP contribution in [0.4, 0.5) is 0 Å². The lowest BCUT2D eigenvalue weighted by Gasteiger charge is -2.14.